The number of hydrogen-bond donors (Lipinski definition) is 0. The fourth-order valence-corrected chi connectivity index (χ4v) is 1.21. The van der Waals surface area contributed by atoms with Crippen LogP contribution in [0.5, 0.6) is 0 Å². The fourth-order valence-electron chi connectivity index (χ4n) is 1.21. The van der Waals surface area contributed by atoms with Crippen molar-refractivity contribution in [3.8, 4) is 6.07 Å². The first-order valence-electron chi connectivity index (χ1n) is 4.47. The molecule has 0 bridgehead atoms. The maximum absolute atomic E-state index is 11.8. The molecule has 0 fully saturated rings. The van der Waals surface area contributed by atoms with Gasteiger partial charge >= 0.3 is 0 Å². The zero-order chi connectivity index (χ0) is 10.7. The van der Waals surface area contributed by atoms with Gasteiger partial charge < -0.3 is 4.57 Å². The zero-order valence-corrected chi connectivity index (χ0v) is 8.61. The van der Waals surface area contributed by atoms with Crippen LogP contribution in [-0.4, -0.2) is 15.3 Å². The van der Waals surface area contributed by atoms with Crippen LogP contribution in [0.25, 0.3) is 0 Å². The van der Waals surface area contributed by atoms with Crippen molar-refractivity contribution in [1.82, 2.24) is 9.55 Å². The van der Waals surface area contributed by atoms with Crippen molar-refractivity contribution in [2.75, 3.05) is 0 Å². The maximum atomic E-state index is 11.8. The summed E-state index contributed by atoms with van der Waals surface area (Å²) in [5.74, 6) is 0.530. The summed E-state index contributed by atoms with van der Waals surface area (Å²) in [7, 11) is 1.80. The second-order valence-electron chi connectivity index (χ2n) is 3.38. The van der Waals surface area contributed by atoms with Crippen LogP contribution in [0.1, 0.15) is 29.7 Å². The van der Waals surface area contributed by atoms with Crippen molar-refractivity contribution in [2.24, 2.45) is 13.0 Å². The molecule has 0 aliphatic heterocycles. The summed E-state index contributed by atoms with van der Waals surface area (Å²) < 4.78 is 1.75. The molecule has 0 amide bonds. The molecular weight excluding hydrogens is 178 g/mol. The number of imidazole rings is 1. The van der Waals surface area contributed by atoms with Crippen LogP contribution < -0.4 is 0 Å². The smallest absolute Gasteiger partial charge is 0.184 e. The van der Waals surface area contributed by atoms with Crippen molar-refractivity contribution in [3.63, 3.8) is 0 Å². The highest BCUT2D eigenvalue weighted by atomic mass is 16.1. The average molecular weight is 191 g/mol. The molecule has 14 heavy (non-hydrogen) atoms. The number of aromatic nitrogens is 2. The van der Waals surface area contributed by atoms with E-state index in [1.807, 2.05) is 13.0 Å². The molecule has 1 aromatic heterocycles. The van der Waals surface area contributed by atoms with E-state index in [-0.39, 0.29) is 18.1 Å². The Morgan fingerprint density at radius 2 is 2.43 bits per heavy atom. The summed E-state index contributed by atoms with van der Waals surface area (Å²) in [6.07, 6.45) is 1.81. The summed E-state index contributed by atoms with van der Waals surface area (Å²) in [4.78, 5) is 15.8. The summed E-state index contributed by atoms with van der Waals surface area (Å²) in [5, 5.41) is 8.48. The van der Waals surface area contributed by atoms with Gasteiger partial charge in [0, 0.05) is 19.4 Å². The van der Waals surface area contributed by atoms with E-state index in [1.165, 1.54) is 0 Å². The number of nitriles is 1. The van der Waals surface area contributed by atoms with Gasteiger partial charge in [0.1, 0.15) is 11.5 Å². The van der Waals surface area contributed by atoms with E-state index in [9.17, 15) is 4.79 Å². The molecule has 1 unspecified atom stereocenters. The van der Waals surface area contributed by atoms with Gasteiger partial charge in [-0.1, -0.05) is 6.92 Å². The molecule has 1 atom stereocenters. The number of hydrogen-bond acceptors (Lipinski definition) is 3. The summed E-state index contributed by atoms with van der Waals surface area (Å²) in [5.41, 5.74) is 0.574. The molecule has 0 saturated heterocycles. The minimum atomic E-state index is -0.255. The van der Waals surface area contributed by atoms with Crippen LogP contribution in [0, 0.1) is 24.2 Å². The molecule has 0 aliphatic carbocycles. The normalized spacial score (nSPS) is 12.1. The summed E-state index contributed by atoms with van der Waals surface area (Å²) in [6.45, 7) is 3.60. The highest BCUT2D eigenvalue weighted by Crippen LogP contribution is 2.11. The summed E-state index contributed by atoms with van der Waals surface area (Å²) in [6, 6.07) is 1.99. The van der Waals surface area contributed by atoms with Crippen LogP contribution in [0.3, 0.4) is 0 Å². The number of carbonyl (C=O) groups excluding carboxylic acids is 1. The predicted octanol–water partition coefficient (Wildman–Crippen LogP) is 1.46. The Morgan fingerprint density at radius 1 is 1.79 bits per heavy atom. The Balaban J connectivity index is 2.91. The zero-order valence-electron chi connectivity index (χ0n) is 8.61. The highest BCUT2D eigenvalue weighted by molar-refractivity contribution is 5.96. The van der Waals surface area contributed by atoms with E-state index in [1.54, 1.807) is 24.7 Å². The highest BCUT2D eigenvalue weighted by Gasteiger charge is 2.18. The number of carbonyl (C=O) groups is 1. The van der Waals surface area contributed by atoms with E-state index in [0.717, 1.165) is 5.82 Å². The number of rotatable bonds is 3. The molecule has 1 rings (SSSR count). The van der Waals surface area contributed by atoms with Crippen LogP contribution in [0.4, 0.5) is 0 Å². The van der Waals surface area contributed by atoms with Gasteiger partial charge in [-0.2, -0.15) is 5.26 Å². The first kappa shape index (κ1) is 10.5. The molecule has 74 valence electrons. The lowest BCUT2D eigenvalue weighted by atomic mass is 10.0. The Labute approximate surface area is 83.2 Å². The molecule has 0 aliphatic rings. The van der Waals surface area contributed by atoms with E-state index in [0.29, 0.717) is 5.69 Å². The number of ketones is 1. The fraction of sp³-hybridized carbons (Fsp3) is 0.500. The number of aryl methyl sites for hydroxylation is 1. The van der Waals surface area contributed by atoms with Gasteiger partial charge in [-0.15, -0.1) is 0 Å². The van der Waals surface area contributed by atoms with Crippen molar-refractivity contribution in [2.45, 2.75) is 20.3 Å². The van der Waals surface area contributed by atoms with E-state index in [4.69, 9.17) is 5.26 Å². The van der Waals surface area contributed by atoms with Gasteiger partial charge in [0.15, 0.2) is 5.78 Å². The molecule has 0 N–H and O–H groups in total. The standard InChI is InChI=1S/C10H13N3O/c1-7(4-5-11)10(14)9-6-12-8(2)13(9)3/h6-7H,4H2,1-3H3. The van der Waals surface area contributed by atoms with Crippen molar-refractivity contribution in [3.05, 3.63) is 17.7 Å². The van der Waals surface area contributed by atoms with Crippen LogP contribution in [0.2, 0.25) is 0 Å². The maximum Gasteiger partial charge on any atom is 0.184 e. The topological polar surface area (TPSA) is 58.7 Å². The molecule has 0 radical (unpaired) electrons. The van der Waals surface area contributed by atoms with E-state index < -0.39 is 0 Å². The van der Waals surface area contributed by atoms with Crippen molar-refractivity contribution in [1.29, 1.82) is 5.26 Å². The molecule has 4 nitrogen and oxygen atoms in total. The average Bonchev–Trinajstić information content (AvgIpc) is 2.47. The lowest BCUT2D eigenvalue weighted by Crippen LogP contribution is -2.14. The lowest BCUT2D eigenvalue weighted by Gasteiger charge is -2.06. The lowest BCUT2D eigenvalue weighted by molar-refractivity contribution is 0.0923. The number of Topliss-reactive ketones (excluding diaryl/α,β-unsaturated/α-hetero) is 1. The predicted molar refractivity (Wildman–Crippen MR) is 51.7 cm³/mol. The van der Waals surface area contributed by atoms with Crippen LogP contribution in [0.15, 0.2) is 6.20 Å². The second kappa shape index (κ2) is 4.05. The van der Waals surface area contributed by atoms with Gasteiger partial charge in [0.2, 0.25) is 0 Å². The Kier molecular flexibility index (Phi) is 3.03. The van der Waals surface area contributed by atoms with E-state index in [2.05, 4.69) is 4.98 Å². The van der Waals surface area contributed by atoms with Gasteiger partial charge in [-0.05, 0) is 6.92 Å². The quantitative estimate of drug-likeness (QED) is 0.679. The molecule has 1 aromatic rings. The third kappa shape index (κ3) is 1.82. The number of nitrogens with zero attached hydrogens (tertiary/aromatic N) is 3. The van der Waals surface area contributed by atoms with Gasteiger partial charge in [0.25, 0.3) is 0 Å². The third-order valence-corrected chi connectivity index (χ3v) is 2.32. The van der Waals surface area contributed by atoms with Crippen LogP contribution >= 0.6 is 0 Å². The molecule has 0 saturated carbocycles. The largest absolute Gasteiger partial charge is 0.329 e. The van der Waals surface area contributed by atoms with E-state index >= 15 is 0 Å². The minimum absolute atomic E-state index is 0.0188. The molecule has 0 spiro atoms. The van der Waals surface area contributed by atoms with Gasteiger partial charge in [-0.3, -0.25) is 4.79 Å². The SMILES string of the molecule is Cc1ncc(C(=O)C(C)CC#N)n1C. The Hall–Kier alpha value is -1.63. The van der Waals surface area contributed by atoms with Gasteiger partial charge in [0.05, 0.1) is 12.3 Å². The third-order valence-electron chi connectivity index (χ3n) is 2.32. The first-order chi connectivity index (χ1) is 6.57. The molecule has 1 heterocycles. The van der Waals surface area contributed by atoms with Crippen molar-refractivity contribution >= 4 is 5.78 Å². The van der Waals surface area contributed by atoms with Crippen molar-refractivity contribution < 1.29 is 4.79 Å². The van der Waals surface area contributed by atoms with Crippen LogP contribution in [-0.2, 0) is 7.05 Å². The molecule has 4 heteroatoms. The molecular formula is C10H13N3O. The second-order valence-corrected chi connectivity index (χ2v) is 3.38. The monoisotopic (exact) mass is 191 g/mol. The Morgan fingerprint density at radius 3 is 2.86 bits per heavy atom. The Bertz CT molecular complexity index is 387. The molecule has 0 aromatic carbocycles. The minimum Gasteiger partial charge on any atom is -0.329 e. The summed E-state index contributed by atoms with van der Waals surface area (Å²) >= 11 is 0. The van der Waals surface area contributed by atoms with Gasteiger partial charge in [-0.25, -0.2) is 4.98 Å². The first-order valence-corrected chi connectivity index (χ1v) is 4.47.